The summed E-state index contributed by atoms with van der Waals surface area (Å²) in [6.07, 6.45) is 5.31. The standard InChI is InChI=1S/C24H21F2N5O2S/c1-33-22-17-10-24(19-3-2-14(25)9-20(19)26)13(12-34-23(27)31-24)8-16(17)18(11-29-22)21(32)30-15-4-6-28-7-5-15/h2-7,9,11,13H,8,10,12H2,1H3,(H2,27,31)(H,28,30,32)/t13-,24-/m1/s1. The highest BCUT2D eigenvalue weighted by atomic mass is 32.2. The summed E-state index contributed by atoms with van der Waals surface area (Å²) in [7, 11) is 1.49. The second kappa shape index (κ2) is 8.68. The first kappa shape index (κ1) is 22.3. The van der Waals surface area contributed by atoms with Crippen molar-refractivity contribution in [1.82, 2.24) is 9.97 Å². The van der Waals surface area contributed by atoms with Gasteiger partial charge in [0, 0.05) is 59.6 Å². The van der Waals surface area contributed by atoms with Crippen LogP contribution in [-0.2, 0) is 18.4 Å². The molecular formula is C24H21F2N5O2S. The molecule has 1 amide bonds. The number of carbonyl (C=O) groups is 1. The van der Waals surface area contributed by atoms with Gasteiger partial charge in [-0.15, -0.1) is 0 Å². The van der Waals surface area contributed by atoms with E-state index in [1.54, 1.807) is 24.5 Å². The lowest BCUT2D eigenvalue weighted by Crippen LogP contribution is -2.47. The van der Waals surface area contributed by atoms with E-state index in [0.29, 0.717) is 40.0 Å². The third kappa shape index (κ3) is 3.77. The Morgan fingerprint density at radius 1 is 1.24 bits per heavy atom. The van der Waals surface area contributed by atoms with E-state index in [-0.39, 0.29) is 23.8 Å². The van der Waals surface area contributed by atoms with E-state index in [2.05, 4.69) is 15.3 Å². The number of benzene rings is 1. The lowest BCUT2D eigenvalue weighted by Gasteiger charge is -2.45. The Kier molecular flexibility index (Phi) is 5.68. The van der Waals surface area contributed by atoms with Gasteiger partial charge >= 0.3 is 0 Å². The number of hydrogen-bond donors (Lipinski definition) is 2. The van der Waals surface area contributed by atoms with Crippen molar-refractivity contribution < 1.29 is 18.3 Å². The number of fused-ring (bicyclic) bond motifs is 2. The zero-order valence-electron chi connectivity index (χ0n) is 18.2. The van der Waals surface area contributed by atoms with Crippen LogP contribution in [0.15, 0.2) is 53.9 Å². The summed E-state index contributed by atoms with van der Waals surface area (Å²) >= 11 is 1.38. The molecule has 0 fully saturated rings. The van der Waals surface area contributed by atoms with E-state index in [0.717, 1.165) is 11.6 Å². The summed E-state index contributed by atoms with van der Waals surface area (Å²) in [5.74, 6) is -0.941. The van der Waals surface area contributed by atoms with Gasteiger partial charge in [-0.25, -0.2) is 13.8 Å². The SMILES string of the molecule is COc1ncc(C(=O)Nc2ccncc2)c2c1C[C@@]1(c3ccc(F)cc3F)N=C(N)SC[C@H]1C2. The predicted octanol–water partition coefficient (Wildman–Crippen LogP) is 3.69. The highest BCUT2D eigenvalue weighted by Gasteiger charge is 2.49. The maximum atomic E-state index is 15.1. The molecule has 10 heteroatoms. The average molecular weight is 482 g/mol. The number of nitrogens with two attached hydrogens (primary N) is 1. The van der Waals surface area contributed by atoms with Crippen LogP contribution in [0.1, 0.15) is 27.0 Å². The molecule has 1 aliphatic heterocycles. The van der Waals surface area contributed by atoms with Crippen LogP contribution < -0.4 is 15.8 Å². The molecule has 0 radical (unpaired) electrons. The second-order valence-corrected chi connectivity index (χ2v) is 9.26. The Labute approximate surface area is 198 Å². The van der Waals surface area contributed by atoms with Crippen molar-refractivity contribution in [2.75, 3.05) is 18.2 Å². The van der Waals surface area contributed by atoms with E-state index in [1.807, 2.05) is 0 Å². The summed E-state index contributed by atoms with van der Waals surface area (Å²) in [6, 6.07) is 6.90. The van der Waals surface area contributed by atoms with Gasteiger partial charge in [0.05, 0.1) is 18.2 Å². The monoisotopic (exact) mass is 481 g/mol. The maximum Gasteiger partial charge on any atom is 0.257 e. The minimum atomic E-state index is -1.06. The number of methoxy groups -OCH3 is 1. The number of nitrogens with one attached hydrogen (secondary N) is 1. The zero-order chi connectivity index (χ0) is 23.9. The number of halogens is 2. The minimum absolute atomic E-state index is 0.183. The Balaban J connectivity index is 1.63. The summed E-state index contributed by atoms with van der Waals surface area (Å²) in [6.45, 7) is 0. The number of aliphatic imine (C=N–C) groups is 1. The molecule has 1 aromatic carbocycles. The first-order valence-corrected chi connectivity index (χ1v) is 11.6. The van der Waals surface area contributed by atoms with Gasteiger partial charge in [0.15, 0.2) is 5.17 Å². The maximum absolute atomic E-state index is 15.1. The number of hydrogen-bond acceptors (Lipinski definition) is 7. The van der Waals surface area contributed by atoms with Gasteiger partial charge in [0.2, 0.25) is 5.88 Å². The fraction of sp³-hybridized carbons (Fsp3) is 0.250. The van der Waals surface area contributed by atoms with Crippen LogP contribution in [0, 0.1) is 17.6 Å². The molecule has 2 atom stereocenters. The lowest BCUT2D eigenvalue weighted by atomic mass is 9.67. The Hall–Kier alpha value is -3.53. The van der Waals surface area contributed by atoms with Crippen molar-refractivity contribution in [2.24, 2.45) is 16.6 Å². The van der Waals surface area contributed by atoms with E-state index in [4.69, 9.17) is 15.5 Å². The molecule has 0 spiro atoms. The molecule has 5 rings (SSSR count). The van der Waals surface area contributed by atoms with Gasteiger partial charge in [-0.2, -0.15) is 0 Å². The van der Waals surface area contributed by atoms with Gasteiger partial charge < -0.3 is 15.8 Å². The van der Waals surface area contributed by atoms with Crippen molar-refractivity contribution in [3.8, 4) is 5.88 Å². The smallest absolute Gasteiger partial charge is 0.257 e. The lowest BCUT2D eigenvalue weighted by molar-refractivity contribution is 0.102. The third-order valence-electron chi connectivity index (χ3n) is 6.35. The zero-order valence-corrected chi connectivity index (χ0v) is 19.0. The minimum Gasteiger partial charge on any atom is -0.481 e. The number of anilines is 1. The van der Waals surface area contributed by atoms with Gasteiger partial charge in [-0.3, -0.25) is 14.8 Å². The topological polar surface area (TPSA) is 102 Å². The highest BCUT2D eigenvalue weighted by molar-refractivity contribution is 8.13. The number of pyridine rings is 2. The first-order chi connectivity index (χ1) is 16.4. The molecular weight excluding hydrogens is 460 g/mol. The van der Waals surface area contributed by atoms with Crippen molar-refractivity contribution in [1.29, 1.82) is 0 Å². The van der Waals surface area contributed by atoms with Gasteiger partial charge in [-0.05, 0) is 30.2 Å². The summed E-state index contributed by atoms with van der Waals surface area (Å²) in [5, 5.41) is 3.20. The molecule has 174 valence electrons. The van der Waals surface area contributed by atoms with Gasteiger partial charge in [0.1, 0.15) is 11.6 Å². The molecule has 0 unspecified atom stereocenters. The van der Waals surface area contributed by atoms with Crippen LogP contribution in [0.4, 0.5) is 14.5 Å². The number of amidine groups is 1. The summed E-state index contributed by atoms with van der Waals surface area (Å²) in [4.78, 5) is 26.2. The molecule has 7 nitrogen and oxygen atoms in total. The van der Waals surface area contributed by atoms with Gasteiger partial charge in [-0.1, -0.05) is 17.8 Å². The number of aromatic nitrogens is 2. The largest absolute Gasteiger partial charge is 0.481 e. The molecule has 0 saturated carbocycles. The van der Waals surface area contributed by atoms with Gasteiger partial charge in [0.25, 0.3) is 5.91 Å². The fourth-order valence-corrected chi connectivity index (χ4v) is 5.77. The Morgan fingerprint density at radius 2 is 2.03 bits per heavy atom. The van der Waals surface area contributed by atoms with Crippen LogP contribution in [0.3, 0.4) is 0 Å². The normalized spacial score (nSPS) is 21.1. The second-order valence-electron chi connectivity index (χ2n) is 8.22. The van der Waals surface area contributed by atoms with E-state index in [9.17, 15) is 9.18 Å². The van der Waals surface area contributed by atoms with E-state index >= 15 is 4.39 Å². The molecule has 3 N–H and O–H groups in total. The van der Waals surface area contributed by atoms with E-state index in [1.165, 1.54) is 37.2 Å². The number of nitrogens with zero attached hydrogens (tertiary/aromatic N) is 3. The molecule has 3 heterocycles. The van der Waals surface area contributed by atoms with Crippen LogP contribution in [0.5, 0.6) is 5.88 Å². The first-order valence-electron chi connectivity index (χ1n) is 10.6. The Bertz CT molecular complexity index is 1300. The molecule has 0 bridgehead atoms. The quantitative estimate of drug-likeness (QED) is 0.589. The third-order valence-corrected chi connectivity index (χ3v) is 7.30. The number of carbonyl (C=O) groups excluding carboxylic acids is 1. The highest BCUT2D eigenvalue weighted by Crippen LogP contribution is 2.50. The number of rotatable bonds is 4. The van der Waals surface area contributed by atoms with Crippen LogP contribution in [0.25, 0.3) is 0 Å². The van der Waals surface area contributed by atoms with Crippen molar-refractivity contribution in [3.63, 3.8) is 0 Å². The number of amides is 1. The Morgan fingerprint density at radius 3 is 2.76 bits per heavy atom. The van der Waals surface area contributed by atoms with Crippen molar-refractivity contribution in [3.05, 3.63) is 82.8 Å². The van der Waals surface area contributed by atoms with Crippen LogP contribution in [0.2, 0.25) is 0 Å². The fourth-order valence-electron chi connectivity index (χ4n) is 4.78. The van der Waals surface area contributed by atoms with Crippen molar-refractivity contribution in [2.45, 2.75) is 18.4 Å². The average Bonchev–Trinajstić information content (AvgIpc) is 2.82. The molecule has 2 aromatic heterocycles. The van der Waals surface area contributed by atoms with E-state index < -0.39 is 17.2 Å². The van der Waals surface area contributed by atoms with Crippen LogP contribution >= 0.6 is 11.8 Å². The molecule has 3 aromatic rings. The molecule has 0 saturated heterocycles. The molecule has 1 aliphatic carbocycles. The molecule has 34 heavy (non-hydrogen) atoms. The molecule has 2 aliphatic rings. The van der Waals surface area contributed by atoms with Crippen molar-refractivity contribution >= 4 is 28.5 Å². The van der Waals surface area contributed by atoms with Crippen LogP contribution in [-0.4, -0.2) is 33.9 Å². The number of thioether (sulfide) groups is 1. The predicted molar refractivity (Wildman–Crippen MR) is 126 cm³/mol. The summed E-state index contributed by atoms with van der Waals surface area (Å²) in [5.41, 5.74) is 7.76. The summed E-state index contributed by atoms with van der Waals surface area (Å²) < 4.78 is 34.3. The number of ether oxygens (including phenoxy) is 1.